The van der Waals surface area contributed by atoms with Gasteiger partial charge in [-0.05, 0) is 24.7 Å². The van der Waals surface area contributed by atoms with Crippen LogP contribution in [0, 0.1) is 0 Å². The molecular weight excluding hydrogens is 310 g/mol. The van der Waals surface area contributed by atoms with E-state index >= 15 is 0 Å². The van der Waals surface area contributed by atoms with Crippen molar-refractivity contribution in [2.75, 3.05) is 20.1 Å². The van der Waals surface area contributed by atoms with Crippen LogP contribution in [0.5, 0.6) is 0 Å². The van der Waals surface area contributed by atoms with Crippen molar-refractivity contribution in [3.8, 4) is 0 Å². The van der Waals surface area contributed by atoms with E-state index in [0.717, 1.165) is 11.3 Å². The molecule has 126 valence electrons. The highest BCUT2D eigenvalue weighted by Gasteiger charge is 2.37. The molecule has 2 aromatic heterocycles. The summed E-state index contributed by atoms with van der Waals surface area (Å²) in [4.78, 5) is 38.5. The second kappa shape index (κ2) is 6.79. The van der Waals surface area contributed by atoms with Crippen molar-refractivity contribution < 1.29 is 14.7 Å². The van der Waals surface area contributed by atoms with E-state index in [9.17, 15) is 14.7 Å². The average Bonchev–Trinajstić information content (AvgIpc) is 3.02. The maximum absolute atomic E-state index is 12.6. The van der Waals surface area contributed by atoms with Gasteiger partial charge in [0.2, 0.25) is 5.91 Å². The van der Waals surface area contributed by atoms with Crippen molar-refractivity contribution in [1.82, 2.24) is 24.8 Å². The number of carbonyl (C=O) groups is 2. The first-order chi connectivity index (χ1) is 11.6. The van der Waals surface area contributed by atoms with Crippen molar-refractivity contribution in [2.24, 2.45) is 0 Å². The van der Waals surface area contributed by atoms with Crippen molar-refractivity contribution in [2.45, 2.75) is 19.0 Å². The second-order valence-electron chi connectivity index (χ2n) is 5.87. The van der Waals surface area contributed by atoms with Crippen LogP contribution in [0.15, 0.2) is 30.9 Å². The lowest BCUT2D eigenvalue weighted by molar-refractivity contribution is -0.151. The quantitative estimate of drug-likeness (QED) is 0.825. The van der Waals surface area contributed by atoms with Crippen LogP contribution in [0.4, 0.5) is 0 Å². The maximum atomic E-state index is 12.6. The van der Waals surface area contributed by atoms with Crippen LogP contribution in [0.2, 0.25) is 0 Å². The summed E-state index contributed by atoms with van der Waals surface area (Å²) in [5.41, 5.74) is 2.26. The number of rotatable bonds is 5. The van der Waals surface area contributed by atoms with Crippen LogP contribution in [-0.2, 0) is 22.6 Å². The Morgan fingerprint density at radius 1 is 1.42 bits per heavy atom. The van der Waals surface area contributed by atoms with Gasteiger partial charge in [-0.2, -0.15) is 0 Å². The van der Waals surface area contributed by atoms with Gasteiger partial charge in [0.05, 0.1) is 18.6 Å². The molecular formula is C16H19N5O3. The SMILES string of the molecule is CN(CC(=O)N1CCc2[nH]cnc2C1C(=O)O)Cc1ccncc1. The number of carboxylic acids is 1. The lowest BCUT2D eigenvalue weighted by atomic mass is 10.0. The van der Waals surface area contributed by atoms with Crippen molar-refractivity contribution in [3.05, 3.63) is 47.8 Å². The molecule has 2 N–H and O–H groups in total. The summed E-state index contributed by atoms with van der Waals surface area (Å²) in [5, 5.41) is 9.52. The van der Waals surface area contributed by atoms with Gasteiger partial charge in [0, 0.05) is 37.6 Å². The van der Waals surface area contributed by atoms with E-state index in [1.54, 1.807) is 12.4 Å². The van der Waals surface area contributed by atoms with Crippen molar-refractivity contribution >= 4 is 11.9 Å². The summed E-state index contributed by atoms with van der Waals surface area (Å²) in [6.45, 7) is 1.10. The zero-order valence-corrected chi connectivity index (χ0v) is 13.3. The minimum Gasteiger partial charge on any atom is -0.479 e. The number of pyridine rings is 1. The number of hydrogen-bond acceptors (Lipinski definition) is 5. The lowest BCUT2D eigenvalue weighted by Crippen LogP contribution is -2.47. The summed E-state index contributed by atoms with van der Waals surface area (Å²) < 4.78 is 0. The van der Waals surface area contributed by atoms with Gasteiger partial charge in [0.1, 0.15) is 0 Å². The van der Waals surface area contributed by atoms with Gasteiger partial charge in [0.25, 0.3) is 0 Å². The molecule has 0 fully saturated rings. The number of aliphatic carboxylic acids is 1. The van der Waals surface area contributed by atoms with Crippen LogP contribution < -0.4 is 0 Å². The highest BCUT2D eigenvalue weighted by molar-refractivity contribution is 5.86. The van der Waals surface area contributed by atoms with Gasteiger partial charge in [-0.3, -0.25) is 14.7 Å². The summed E-state index contributed by atoms with van der Waals surface area (Å²) in [7, 11) is 1.83. The van der Waals surface area contributed by atoms with Crippen molar-refractivity contribution in [1.29, 1.82) is 0 Å². The predicted octanol–water partition coefficient (Wildman–Crippen LogP) is 0.447. The monoisotopic (exact) mass is 329 g/mol. The number of aromatic amines is 1. The topological polar surface area (TPSA) is 102 Å². The predicted molar refractivity (Wildman–Crippen MR) is 85.0 cm³/mol. The first kappa shape index (κ1) is 16.1. The van der Waals surface area contributed by atoms with E-state index in [1.807, 2.05) is 24.1 Å². The van der Waals surface area contributed by atoms with Crippen molar-refractivity contribution in [3.63, 3.8) is 0 Å². The molecule has 2 aromatic rings. The Balaban J connectivity index is 1.69. The van der Waals surface area contributed by atoms with Gasteiger partial charge < -0.3 is 15.0 Å². The van der Waals surface area contributed by atoms with E-state index < -0.39 is 12.0 Å². The maximum Gasteiger partial charge on any atom is 0.332 e. The summed E-state index contributed by atoms with van der Waals surface area (Å²) in [6, 6.07) is 2.75. The number of fused-ring (bicyclic) bond motifs is 1. The third-order valence-corrected chi connectivity index (χ3v) is 4.09. The van der Waals surface area contributed by atoms with E-state index in [2.05, 4.69) is 15.0 Å². The molecule has 1 aliphatic heterocycles. The van der Waals surface area contributed by atoms with Gasteiger partial charge >= 0.3 is 5.97 Å². The molecule has 1 amide bonds. The first-order valence-corrected chi connectivity index (χ1v) is 7.68. The number of nitrogens with zero attached hydrogens (tertiary/aromatic N) is 4. The summed E-state index contributed by atoms with van der Waals surface area (Å²) in [6.07, 6.45) is 5.47. The smallest absolute Gasteiger partial charge is 0.332 e. The standard InChI is InChI=1S/C16H19N5O3/c1-20(8-11-2-5-17-6-3-11)9-13(22)21-7-4-12-14(19-10-18-12)15(21)16(23)24/h2-3,5-6,10,15H,4,7-9H2,1H3,(H,18,19)(H,23,24). The Morgan fingerprint density at radius 3 is 2.88 bits per heavy atom. The molecule has 1 atom stereocenters. The number of H-pyrrole nitrogens is 1. The lowest BCUT2D eigenvalue weighted by Gasteiger charge is -2.33. The molecule has 1 unspecified atom stereocenters. The largest absolute Gasteiger partial charge is 0.479 e. The number of amides is 1. The van der Waals surface area contributed by atoms with Gasteiger partial charge in [-0.1, -0.05) is 0 Å². The molecule has 0 spiro atoms. The van der Waals surface area contributed by atoms with E-state index in [-0.39, 0.29) is 12.5 Å². The van der Waals surface area contributed by atoms with Crippen LogP contribution in [0.1, 0.15) is 23.0 Å². The molecule has 8 heteroatoms. The molecule has 24 heavy (non-hydrogen) atoms. The zero-order valence-electron chi connectivity index (χ0n) is 13.3. The fourth-order valence-electron chi connectivity index (χ4n) is 2.97. The Morgan fingerprint density at radius 2 is 2.17 bits per heavy atom. The summed E-state index contributed by atoms with van der Waals surface area (Å²) in [5.74, 6) is -1.28. The Bertz CT molecular complexity index is 730. The first-order valence-electron chi connectivity index (χ1n) is 7.68. The Labute approximate surface area is 139 Å². The third kappa shape index (κ3) is 3.28. The number of hydrogen-bond donors (Lipinski definition) is 2. The molecule has 0 aromatic carbocycles. The molecule has 0 radical (unpaired) electrons. The number of carboxylic acid groups (broad SMARTS) is 1. The van der Waals surface area contributed by atoms with Crippen LogP contribution >= 0.6 is 0 Å². The molecule has 3 rings (SSSR count). The molecule has 0 bridgehead atoms. The van der Waals surface area contributed by atoms with Crippen LogP contribution in [0.25, 0.3) is 0 Å². The van der Waals surface area contributed by atoms with Crippen LogP contribution in [0.3, 0.4) is 0 Å². The molecule has 1 aliphatic rings. The number of carbonyl (C=O) groups excluding carboxylic acids is 1. The highest BCUT2D eigenvalue weighted by Crippen LogP contribution is 2.27. The Kier molecular flexibility index (Phi) is 4.57. The molecule has 8 nitrogen and oxygen atoms in total. The van der Waals surface area contributed by atoms with Crippen LogP contribution in [-0.4, -0.2) is 61.9 Å². The Hall–Kier alpha value is -2.74. The third-order valence-electron chi connectivity index (χ3n) is 4.09. The molecule has 0 saturated heterocycles. The highest BCUT2D eigenvalue weighted by atomic mass is 16.4. The number of aromatic nitrogens is 3. The zero-order chi connectivity index (χ0) is 17.1. The molecule has 0 saturated carbocycles. The van der Waals surface area contributed by atoms with E-state index in [0.29, 0.717) is 25.2 Å². The number of nitrogens with one attached hydrogen (secondary N) is 1. The number of likely N-dealkylation sites (N-methyl/N-ethyl adjacent to an activating group) is 1. The normalized spacial score (nSPS) is 16.9. The van der Waals surface area contributed by atoms with E-state index in [1.165, 1.54) is 11.2 Å². The minimum absolute atomic E-state index is 0.145. The minimum atomic E-state index is -1.06. The second-order valence-corrected chi connectivity index (χ2v) is 5.87. The van der Waals surface area contributed by atoms with Gasteiger partial charge in [-0.15, -0.1) is 0 Å². The van der Waals surface area contributed by atoms with Gasteiger partial charge in [-0.25, -0.2) is 9.78 Å². The average molecular weight is 329 g/mol. The molecule has 3 heterocycles. The fraction of sp³-hybridized carbons (Fsp3) is 0.375. The molecule has 0 aliphatic carbocycles. The van der Waals surface area contributed by atoms with Gasteiger partial charge in [0.15, 0.2) is 6.04 Å². The fourth-order valence-corrected chi connectivity index (χ4v) is 2.97. The van der Waals surface area contributed by atoms with E-state index in [4.69, 9.17) is 0 Å². The summed E-state index contributed by atoms with van der Waals surface area (Å²) >= 11 is 0. The number of imidazole rings is 1.